The maximum atomic E-state index is 13.6. The van der Waals surface area contributed by atoms with Gasteiger partial charge in [-0.2, -0.15) is 0 Å². The van der Waals surface area contributed by atoms with E-state index in [1.807, 2.05) is 0 Å². The summed E-state index contributed by atoms with van der Waals surface area (Å²) in [6.45, 7) is -0.292. The van der Waals surface area contributed by atoms with Crippen LogP contribution in [0.25, 0.3) is 0 Å². The average molecular weight is 520 g/mol. The highest BCUT2D eigenvalue weighted by Crippen LogP contribution is 2.47. The molecule has 1 unspecified atom stereocenters. The molecule has 6 rings (SSSR count). The first kappa shape index (κ1) is 24.8. The van der Waals surface area contributed by atoms with Crippen molar-refractivity contribution < 1.29 is 28.2 Å². The number of ether oxygens (including phenoxy) is 1. The molecule has 7 nitrogen and oxygen atoms in total. The molecule has 2 amide bonds. The van der Waals surface area contributed by atoms with E-state index in [0.29, 0.717) is 44.9 Å². The third-order valence-electron chi connectivity index (χ3n) is 7.77. The van der Waals surface area contributed by atoms with Crippen molar-refractivity contribution in [2.24, 2.45) is 0 Å². The van der Waals surface area contributed by atoms with Crippen LogP contribution in [-0.4, -0.2) is 46.8 Å². The summed E-state index contributed by atoms with van der Waals surface area (Å²) in [6, 6.07) is 7.98. The van der Waals surface area contributed by atoms with Gasteiger partial charge in [0.15, 0.2) is 6.61 Å². The highest BCUT2D eigenvalue weighted by Gasteiger charge is 2.55. The van der Waals surface area contributed by atoms with Gasteiger partial charge in [0, 0.05) is 17.3 Å². The fraction of sp³-hybridized carbons (Fsp3) is 0.462. The van der Waals surface area contributed by atoms with E-state index in [1.165, 1.54) is 24.3 Å². The Kier molecular flexibility index (Phi) is 6.55. The lowest BCUT2D eigenvalue weighted by Crippen LogP contribution is -2.71. The predicted molar refractivity (Wildman–Crippen MR) is 130 cm³/mol. The summed E-state index contributed by atoms with van der Waals surface area (Å²) in [6.07, 6.45) is 2.88. The maximum Gasteiger partial charge on any atom is 0.258 e. The number of anilines is 1. The molecule has 0 saturated heterocycles. The zero-order chi connectivity index (χ0) is 25.5. The van der Waals surface area contributed by atoms with E-state index in [2.05, 4.69) is 16.0 Å². The Bertz CT molecular complexity index is 1190. The molecular formula is C26H28ClF2N3O4. The molecule has 4 aliphatic rings. The number of carbonyl (C=O) groups is 2. The van der Waals surface area contributed by atoms with Gasteiger partial charge in [0.1, 0.15) is 23.4 Å². The van der Waals surface area contributed by atoms with Crippen LogP contribution >= 0.6 is 11.6 Å². The normalized spacial score (nSPS) is 28.6. The number of hydrogen-bond donors (Lipinski definition) is 4. The number of aliphatic hydroxyl groups is 1. The zero-order valence-electron chi connectivity index (χ0n) is 19.6. The zero-order valence-corrected chi connectivity index (χ0v) is 20.3. The van der Waals surface area contributed by atoms with Gasteiger partial charge in [0.25, 0.3) is 5.91 Å². The number of aliphatic hydroxyl groups excluding tert-OH is 1. The van der Waals surface area contributed by atoms with E-state index < -0.39 is 29.0 Å². The molecule has 4 N–H and O–H groups in total. The topological polar surface area (TPSA) is 99.7 Å². The summed E-state index contributed by atoms with van der Waals surface area (Å²) in [5.41, 5.74) is 0.270. The first-order valence-corrected chi connectivity index (χ1v) is 12.5. The Balaban J connectivity index is 1.16. The van der Waals surface area contributed by atoms with Crippen LogP contribution in [-0.2, 0) is 16.0 Å². The largest absolute Gasteiger partial charge is 0.484 e. The fourth-order valence-electron chi connectivity index (χ4n) is 5.71. The van der Waals surface area contributed by atoms with Crippen molar-refractivity contribution in [3.8, 4) is 5.75 Å². The van der Waals surface area contributed by atoms with Crippen molar-refractivity contribution in [1.82, 2.24) is 10.6 Å². The molecular weight excluding hydrogens is 492 g/mol. The summed E-state index contributed by atoms with van der Waals surface area (Å²) in [5.74, 6) is -1.28. The van der Waals surface area contributed by atoms with Crippen LogP contribution in [0.15, 0.2) is 36.4 Å². The minimum Gasteiger partial charge on any atom is -0.484 e. The highest BCUT2D eigenvalue weighted by atomic mass is 35.5. The summed E-state index contributed by atoms with van der Waals surface area (Å²) in [5, 5.41) is 20.3. The molecule has 2 aromatic rings. The molecule has 36 heavy (non-hydrogen) atoms. The van der Waals surface area contributed by atoms with Gasteiger partial charge >= 0.3 is 0 Å². The summed E-state index contributed by atoms with van der Waals surface area (Å²) < 4.78 is 32.4. The maximum absolute atomic E-state index is 13.6. The van der Waals surface area contributed by atoms with Crippen LogP contribution in [0.5, 0.6) is 5.75 Å². The van der Waals surface area contributed by atoms with E-state index in [1.54, 1.807) is 6.07 Å². The number of carbonyl (C=O) groups excluding carboxylic acids is 2. The lowest BCUT2D eigenvalue weighted by molar-refractivity contribution is -0.136. The standard InChI is InChI=1S/C26H28ClF2N3O4/c27-18-4-3-17(12-19(18)29)36-14-23(34)31-25-7-9-26(10-8-25,22(33)13-25)32-24(35)21-5-1-15-11-16(28)2-6-20(15)30-21/h2-4,6,11-12,21-22,30,33H,1,5,7-10,13-14H2,(H,31,34)(H,32,35)/t21?,22-,25?,26?/m0/s1. The molecule has 1 aliphatic heterocycles. The first-order valence-electron chi connectivity index (χ1n) is 12.1. The second-order valence-electron chi connectivity index (χ2n) is 10.1. The molecule has 1 heterocycles. The lowest BCUT2D eigenvalue weighted by Gasteiger charge is -2.56. The van der Waals surface area contributed by atoms with Crippen LogP contribution < -0.4 is 20.7 Å². The number of nitrogens with one attached hydrogen (secondary N) is 3. The number of benzene rings is 2. The van der Waals surface area contributed by atoms with Crippen molar-refractivity contribution in [3.63, 3.8) is 0 Å². The Morgan fingerprint density at radius 2 is 1.89 bits per heavy atom. The van der Waals surface area contributed by atoms with E-state index in [9.17, 15) is 23.5 Å². The van der Waals surface area contributed by atoms with E-state index >= 15 is 0 Å². The van der Waals surface area contributed by atoms with Crippen LogP contribution in [0.4, 0.5) is 14.5 Å². The number of aryl methyl sites for hydroxylation is 1. The molecule has 3 saturated carbocycles. The van der Waals surface area contributed by atoms with Crippen molar-refractivity contribution in [1.29, 1.82) is 0 Å². The van der Waals surface area contributed by atoms with Gasteiger partial charge in [-0.05, 0) is 80.8 Å². The third-order valence-corrected chi connectivity index (χ3v) is 8.08. The predicted octanol–water partition coefficient (Wildman–Crippen LogP) is 3.47. The van der Waals surface area contributed by atoms with Gasteiger partial charge < -0.3 is 25.8 Å². The van der Waals surface area contributed by atoms with Crippen LogP contribution in [0.1, 0.15) is 44.1 Å². The molecule has 0 aromatic heterocycles. The minimum atomic E-state index is -0.819. The van der Waals surface area contributed by atoms with Crippen LogP contribution in [0, 0.1) is 11.6 Å². The lowest BCUT2D eigenvalue weighted by atomic mass is 9.59. The Morgan fingerprint density at radius 1 is 1.11 bits per heavy atom. The van der Waals surface area contributed by atoms with Crippen LogP contribution in [0.2, 0.25) is 5.02 Å². The second-order valence-corrected chi connectivity index (χ2v) is 10.5. The van der Waals surface area contributed by atoms with Gasteiger partial charge in [-0.3, -0.25) is 9.59 Å². The van der Waals surface area contributed by atoms with E-state index in [4.69, 9.17) is 16.3 Å². The van der Waals surface area contributed by atoms with E-state index in [0.717, 1.165) is 17.3 Å². The number of fused-ring (bicyclic) bond motifs is 4. The molecule has 2 aromatic carbocycles. The third kappa shape index (κ3) is 4.86. The smallest absolute Gasteiger partial charge is 0.258 e. The second kappa shape index (κ2) is 9.52. The van der Waals surface area contributed by atoms with Crippen LogP contribution in [0.3, 0.4) is 0 Å². The first-order chi connectivity index (χ1) is 17.2. The average Bonchev–Trinajstić information content (AvgIpc) is 2.85. The molecule has 3 fully saturated rings. The van der Waals surface area contributed by atoms with E-state index in [-0.39, 0.29) is 35.0 Å². The summed E-state index contributed by atoms with van der Waals surface area (Å²) >= 11 is 5.66. The Morgan fingerprint density at radius 3 is 2.61 bits per heavy atom. The van der Waals surface area contributed by atoms with Crippen molar-refractivity contribution in [2.45, 2.75) is 68.2 Å². The molecule has 0 radical (unpaired) electrons. The Labute approximate surface area is 212 Å². The number of amides is 2. The Hall–Kier alpha value is -2.91. The number of hydrogen-bond acceptors (Lipinski definition) is 5. The number of rotatable bonds is 6. The molecule has 2 atom stereocenters. The molecule has 3 aliphatic carbocycles. The van der Waals surface area contributed by atoms with Gasteiger partial charge in [-0.15, -0.1) is 0 Å². The van der Waals surface area contributed by atoms with Gasteiger partial charge in [-0.1, -0.05) is 11.6 Å². The molecule has 2 bridgehead atoms. The van der Waals surface area contributed by atoms with Gasteiger partial charge in [-0.25, -0.2) is 8.78 Å². The minimum absolute atomic E-state index is 0.0286. The monoisotopic (exact) mass is 519 g/mol. The quantitative estimate of drug-likeness (QED) is 0.468. The van der Waals surface area contributed by atoms with Gasteiger partial charge in [0.2, 0.25) is 5.91 Å². The molecule has 192 valence electrons. The molecule has 10 heteroatoms. The van der Waals surface area contributed by atoms with Crippen molar-refractivity contribution >= 4 is 29.1 Å². The van der Waals surface area contributed by atoms with Gasteiger partial charge in [0.05, 0.1) is 16.7 Å². The summed E-state index contributed by atoms with van der Waals surface area (Å²) in [7, 11) is 0. The fourth-order valence-corrected chi connectivity index (χ4v) is 5.83. The highest BCUT2D eigenvalue weighted by molar-refractivity contribution is 6.30. The SMILES string of the molecule is O=C(COc1ccc(Cl)c(F)c1)NC12CCC(NC(=O)C3CCc4cc(F)ccc4N3)(CC1)[C@@H](O)C2. The molecule has 0 spiro atoms. The number of halogens is 3. The summed E-state index contributed by atoms with van der Waals surface area (Å²) in [4.78, 5) is 25.7. The van der Waals surface area contributed by atoms with Crippen molar-refractivity contribution in [2.75, 3.05) is 11.9 Å². The van der Waals surface area contributed by atoms with Crippen molar-refractivity contribution in [3.05, 3.63) is 58.6 Å².